The Balaban J connectivity index is 2.33. The van der Waals surface area contributed by atoms with E-state index in [1.54, 1.807) is 22.9 Å². The number of imidazole rings is 1. The lowest BCUT2D eigenvalue weighted by molar-refractivity contribution is -0.136. The molecular formula is C13H13FN2O2. The highest BCUT2D eigenvalue weighted by Gasteiger charge is 2.08. The minimum atomic E-state index is -0.861. The number of hydrogen-bond donors (Lipinski definition) is 1. The molecule has 1 aromatic carbocycles. The zero-order valence-corrected chi connectivity index (χ0v) is 9.93. The summed E-state index contributed by atoms with van der Waals surface area (Å²) in [7, 11) is 0. The molecule has 0 spiro atoms. The summed E-state index contributed by atoms with van der Waals surface area (Å²) in [5.41, 5.74) is 2.01. The van der Waals surface area contributed by atoms with Crippen LogP contribution in [-0.4, -0.2) is 20.6 Å². The SMILES string of the molecule is Cc1cncn1-c1cc(CCC(=O)O)ccc1F. The second-order valence-electron chi connectivity index (χ2n) is 4.08. The molecule has 2 rings (SSSR count). The molecule has 94 valence electrons. The van der Waals surface area contributed by atoms with E-state index >= 15 is 0 Å². The molecule has 0 fully saturated rings. The van der Waals surface area contributed by atoms with Gasteiger partial charge in [0.25, 0.3) is 0 Å². The van der Waals surface area contributed by atoms with Crippen LogP contribution >= 0.6 is 0 Å². The van der Waals surface area contributed by atoms with Gasteiger partial charge in [-0.15, -0.1) is 0 Å². The van der Waals surface area contributed by atoms with Crippen LogP contribution in [0.3, 0.4) is 0 Å². The zero-order valence-electron chi connectivity index (χ0n) is 9.93. The second kappa shape index (κ2) is 5.00. The fraction of sp³-hybridized carbons (Fsp3) is 0.231. The van der Waals surface area contributed by atoms with Crippen molar-refractivity contribution in [2.75, 3.05) is 0 Å². The molecule has 1 N–H and O–H groups in total. The van der Waals surface area contributed by atoms with E-state index in [0.717, 1.165) is 11.3 Å². The lowest BCUT2D eigenvalue weighted by Crippen LogP contribution is -2.02. The molecule has 0 saturated heterocycles. The first-order valence-corrected chi connectivity index (χ1v) is 5.57. The number of benzene rings is 1. The van der Waals surface area contributed by atoms with Crippen molar-refractivity contribution < 1.29 is 14.3 Å². The Morgan fingerprint density at radius 1 is 1.50 bits per heavy atom. The molecule has 0 aliphatic rings. The first kappa shape index (κ1) is 12.3. The number of halogens is 1. The van der Waals surface area contributed by atoms with Crippen molar-refractivity contribution in [1.29, 1.82) is 0 Å². The van der Waals surface area contributed by atoms with Crippen molar-refractivity contribution in [2.24, 2.45) is 0 Å². The van der Waals surface area contributed by atoms with Crippen LogP contribution in [0, 0.1) is 12.7 Å². The van der Waals surface area contributed by atoms with E-state index in [-0.39, 0.29) is 12.2 Å². The topological polar surface area (TPSA) is 55.1 Å². The van der Waals surface area contributed by atoms with Crippen LogP contribution in [0.2, 0.25) is 0 Å². The molecule has 18 heavy (non-hydrogen) atoms. The van der Waals surface area contributed by atoms with Gasteiger partial charge in [0.15, 0.2) is 0 Å². The molecule has 0 aliphatic heterocycles. The maximum absolute atomic E-state index is 13.7. The van der Waals surface area contributed by atoms with Gasteiger partial charge < -0.3 is 9.67 Å². The van der Waals surface area contributed by atoms with Crippen molar-refractivity contribution in [3.05, 3.63) is 47.8 Å². The summed E-state index contributed by atoms with van der Waals surface area (Å²) in [6.07, 6.45) is 3.60. The number of aromatic nitrogens is 2. The van der Waals surface area contributed by atoms with Crippen LogP contribution in [0.25, 0.3) is 5.69 Å². The number of rotatable bonds is 4. The summed E-state index contributed by atoms with van der Waals surface area (Å²) in [4.78, 5) is 14.5. The molecule has 0 aliphatic carbocycles. The predicted octanol–water partition coefficient (Wildman–Crippen LogP) is 2.34. The molecule has 5 heteroatoms. The molecule has 0 saturated carbocycles. The molecule has 0 bridgehead atoms. The van der Waals surface area contributed by atoms with Gasteiger partial charge in [-0.2, -0.15) is 0 Å². The van der Waals surface area contributed by atoms with E-state index in [1.165, 1.54) is 12.4 Å². The number of carboxylic acid groups (broad SMARTS) is 1. The van der Waals surface area contributed by atoms with E-state index in [2.05, 4.69) is 4.98 Å². The highest BCUT2D eigenvalue weighted by molar-refractivity contribution is 5.67. The maximum Gasteiger partial charge on any atom is 0.303 e. The summed E-state index contributed by atoms with van der Waals surface area (Å²) < 4.78 is 15.4. The molecule has 0 atom stereocenters. The van der Waals surface area contributed by atoms with Gasteiger partial charge in [-0.05, 0) is 31.0 Å². The van der Waals surface area contributed by atoms with E-state index in [0.29, 0.717) is 12.1 Å². The number of hydrogen-bond acceptors (Lipinski definition) is 2. The first-order chi connectivity index (χ1) is 8.58. The van der Waals surface area contributed by atoms with Gasteiger partial charge in [-0.3, -0.25) is 4.79 Å². The normalized spacial score (nSPS) is 10.6. The number of carbonyl (C=O) groups is 1. The molecule has 1 heterocycles. The van der Waals surface area contributed by atoms with E-state index in [9.17, 15) is 9.18 Å². The van der Waals surface area contributed by atoms with Crippen molar-refractivity contribution >= 4 is 5.97 Å². The minimum Gasteiger partial charge on any atom is -0.481 e. The van der Waals surface area contributed by atoms with Crippen LogP contribution < -0.4 is 0 Å². The van der Waals surface area contributed by atoms with Gasteiger partial charge >= 0.3 is 5.97 Å². The predicted molar refractivity (Wildman–Crippen MR) is 64.2 cm³/mol. The molecule has 1 aromatic heterocycles. The van der Waals surface area contributed by atoms with Gasteiger partial charge in [0.05, 0.1) is 12.0 Å². The standard InChI is InChI=1S/C13H13FN2O2/c1-9-7-15-8-16(9)12-6-10(2-4-11(12)14)3-5-13(17)18/h2,4,6-8H,3,5H2,1H3,(H,17,18). The molecule has 0 amide bonds. The third-order valence-corrected chi connectivity index (χ3v) is 2.72. The van der Waals surface area contributed by atoms with Gasteiger partial charge in [-0.25, -0.2) is 9.37 Å². The third kappa shape index (κ3) is 2.56. The number of carboxylic acids is 1. The Labute approximate surface area is 104 Å². The zero-order chi connectivity index (χ0) is 13.1. The Bertz CT molecular complexity index is 578. The van der Waals surface area contributed by atoms with Crippen LogP contribution in [0.15, 0.2) is 30.7 Å². The largest absolute Gasteiger partial charge is 0.481 e. The molecule has 4 nitrogen and oxygen atoms in total. The fourth-order valence-electron chi connectivity index (χ4n) is 1.76. The van der Waals surface area contributed by atoms with Crippen LogP contribution in [0.5, 0.6) is 0 Å². The Morgan fingerprint density at radius 2 is 2.28 bits per heavy atom. The van der Waals surface area contributed by atoms with Crippen LogP contribution in [0.1, 0.15) is 17.7 Å². The van der Waals surface area contributed by atoms with Crippen molar-refractivity contribution in [3.63, 3.8) is 0 Å². The fourth-order valence-corrected chi connectivity index (χ4v) is 1.76. The Hall–Kier alpha value is -2.17. The van der Waals surface area contributed by atoms with Gasteiger partial charge in [0.2, 0.25) is 0 Å². The van der Waals surface area contributed by atoms with Gasteiger partial charge in [-0.1, -0.05) is 6.07 Å². The minimum absolute atomic E-state index is 0.0357. The van der Waals surface area contributed by atoms with E-state index in [1.807, 2.05) is 6.92 Å². The van der Waals surface area contributed by atoms with Gasteiger partial charge in [0.1, 0.15) is 5.82 Å². The number of aliphatic carboxylic acids is 1. The Morgan fingerprint density at radius 3 is 2.89 bits per heavy atom. The molecular weight excluding hydrogens is 235 g/mol. The quantitative estimate of drug-likeness (QED) is 0.903. The summed E-state index contributed by atoms with van der Waals surface area (Å²) in [5, 5.41) is 8.64. The van der Waals surface area contributed by atoms with Crippen LogP contribution in [0.4, 0.5) is 4.39 Å². The smallest absolute Gasteiger partial charge is 0.303 e. The third-order valence-electron chi connectivity index (χ3n) is 2.72. The molecule has 0 radical (unpaired) electrons. The summed E-state index contributed by atoms with van der Waals surface area (Å²) in [6.45, 7) is 1.83. The maximum atomic E-state index is 13.7. The van der Waals surface area contributed by atoms with Crippen molar-refractivity contribution in [1.82, 2.24) is 9.55 Å². The van der Waals surface area contributed by atoms with Crippen LogP contribution in [-0.2, 0) is 11.2 Å². The summed E-state index contributed by atoms with van der Waals surface area (Å²) >= 11 is 0. The van der Waals surface area contributed by atoms with E-state index < -0.39 is 5.97 Å². The van der Waals surface area contributed by atoms with Crippen molar-refractivity contribution in [3.8, 4) is 5.69 Å². The number of aryl methyl sites for hydroxylation is 2. The average Bonchev–Trinajstić information content (AvgIpc) is 2.74. The lowest BCUT2D eigenvalue weighted by Gasteiger charge is -2.08. The van der Waals surface area contributed by atoms with Gasteiger partial charge in [0, 0.05) is 18.3 Å². The molecule has 2 aromatic rings. The van der Waals surface area contributed by atoms with Crippen molar-refractivity contribution in [2.45, 2.75) is 19.8 Å². The molecule has 0 unspecified atom stereocenters. The monoisotopic (exact) mass is 248 g/mol. The summed E-state index contributed by atoms with van der Waals surface area (Å²) in [6, 6.07) is 4.62. The number of nitrogens with zero attached hydrogens (tertiary/aromatic N) is 2. The Kier molecular flexibility index (Phi) is 3.41. The summed E-state index contributed by atoms with van der Waals surface area (Å²) in [5.74, 6) is -1.21. The average molecular weight is 248 g/mol. The first-order valence-electron chi connectivity index (χ1n) is 5.57. The second-order valence-corrected chi connectivity index (χ2v) is 4.08. The highest BCUT2D eigenvalue weighted by atomic mass is 19.1. The van der Waals surface area contributed by atoms with E-state index in [4.69, 9.17) is 5.11 Å². The lowest BCUT2D eigenvalue weighted by atomic mass is 10.1. The highest BCUT2D eigenvalue weighted by Crippen LogP contribution is 2.18.